The van der Waals surface area contributed by atoms with Crippen molar-refractivity contribution in [3.63, 3.8) is 0 Å². The summed E-state index contributed by atoms with van der Waals surface area (Å²) in [6.45, 7) is 3.40. The van der Waals surface area contributed by atoms with Crippen molar-refractivity contribution in [1.29, 1.82) is 0 Å². The Labute approximate surface area is 138 Å². The Kier molecular flexibility index (Phi) is 4.86. The average Bonchev–Trinajstić information content (AvgIpc) is 2.50. The van der Waals surface area contributed by atoms with Gasteiger partial charge in [0.2, 0.25) is 0 Å². The smallest absolute Gasteiger partial charge is 0.272 e. The predicted molar refractivity (Wildman–Crippen MR) is 88.5 cm³/mol. The summed E-state index contributed by atoms with van der Waals surface area (Å²) in [6, 6.07) is 7.53. The lowest BCUT2D eigenvalue weighted by Gasteiger charge is -2.12. The van der Waals surface area contributed by atoms with Gasteiger partial charge >= 0.3 is 0 Å². The van der Waals surface area contributed by atoms with Crippen LogP contribution >= 0.6 is 11.6 Å². The Hall–Kier alpha value is -2.60. The van der Waals surface area contributed by atoms with Gasteiger partial charge in [-0.3, -0.25) is 14.9 Å². The standard InChI is InChI=1S/C16H15ClN2O4/c1-9-7-13(15(23-3)8-12(9)17)18-16(20)11-4-5-14(19(21)22)10(2)6-11/h4-8H,1-3H3,(H,18,20). The van der Waals surface area contributed by atoms with Gasteiger partial charge in [-0.05, 0) is 37.6 Å². The maximum absolute atomic E-state index is 12.3. The highest BCUT2D eigenvalue weighted by molar-refractivity contribution is 6.31. The van der Waals surface area contributed by atoms with Crippen LogP contribution in [0.4, 0.5) is 11.4 Å². The van der Waals surface area contributed by atoms with Crippen LogP contribution in [-0.4, -0.2) is 17.9 Å². The zero-order valence-electron chi connectivity index (χ0n) is 12.8. The number of ether oxygens (including phenoxy) is 1. The third-order valence-electron chi connectivity index (χ3n) is 3.38. The fraction of sp³-hybridized carbons (Fsp3) is 0.188. The van der Waals surface area contributed by atoms with E-state index in [1.807, 2.05) is 6.92 Å². The molecule has 0 bridgehead atoms. The first kappa shape index (κ1) is 16.8. The third-order valence-corrected chi connectivity index (χ3v) is 3.79. The molecule has 120 valence electrons. The fourth-order valence-electron chi connectivity index (χ4n) is 2.13. The van der Waals surface area contributed by atoms with Crippen LogP contribution in [-0.2, 0) is 0 Å². The van der Waals surface area contributed by atoms with E-state index in [0.29, 0.717) is 27.6 Å². The van der Waals surface area contributed by atoms with Crippen molar-refractivity contribution in [2.75, 3.05) is 12.4 Å². The Morgan fingerprint density at radius 2 is 1.91 bits per heavy atom. The SMILES string of the molecule is COc1cc(Cl)c(C)cc1NC(=O)c1ccc([N+](=O)[O-])c(C)c1. The van der Waals surface area contributed by atoms with E-state index in [1.165, 1.54) is 25.3 Å². The molecule has 0 aliphatic heterocycles. The van der Waals surface area contributed by atoms with Crippen molar-refractivity contribution >= 4 is 28.9 Å². The molecular weight excluding hydrogens is 320 g/mol. The van der Waals surface area contributed by atoms with Gasteiger partial charge in [0.15, 0.2) is 0 Å². The van der Waals surface area contributed by atoms with Crippen molar-refractivity contribution in [3.05, 3.63) is 62.2 Å². The van der Waals surface area contributed by atoms with Crippen LogP contribution in [0.5, 0.6) is 5.75 Å². The van der Waals surface area contributed by atoms with Crippen LogP contribution in [0.2, 0.25) is 5.02 Å². The molecule has 0 heterocycles. The number of rotatable bonds is 4. The number of amides is 1. The summed E-state index contributed by atoms with van der Waals surface area (Å²) in [5, 5.41) is 14.1. The number of carbonyl (C=O) groups excluding carboxylic acids is 1. The highest BCUT2D eigenvalue weighted by Crippen LogP contribution is 2.31. The molecule has 0 atom stereocenters. The average molecular weight is 335 g/mol. The van der Waals surface area contributed by atoms with Gasteiger partial charge in [-0.25, -0.2) is 0 Å². The second-order valence-electron chi connectivity index (χ2n) is 5.01. The van der Waals surface area contributed by atoms with Crippen molar-refractivity contribution in [2.45, 2.75) is 13.8 Å². The summed E-state index contributed by atoms with van der Waals surface area (Å²) in [5.74, 6) is 0.0515. The maximum atomic E-state index is 12.3. The fourth-order valence-corrected chi connectivity index (χ4v) is 2.28. The first-order valence-corrected chi connectivity index (χ1v) is 7.11. The summed E-state index contributed by atoms with van der Waals surface area (Å²) in [6.07, 6.45) is 0. The summed E-state index contributed by atoms with van der Waals surface area (Å²) in [5.41, 5.74) is 1.99. The Morgan fingerprint density at radius 1 is 1.22 bits per heavy atom. The molecule has 2 aromatic rings. The number of benzene rings is 2. The van der Waals surface area contributed by atoms with E-state index >= 15 is 0 Å². The van der Waals surface area contributed by atoms with Crippen LogP contribution < -0.4 is 10.1 Å². The molecule has 0 fully saturated rings. The van der Waals surface area contributed by atoms with Gasteiger partial charge < -0.3 is 10.1 Å². The minimum Gasteiger partial charge on any atom is -0.495 e. The van der Waals surface area contributed by atoms with Crippen molar-refractivity contribution < 1.29 is 14.5 Å². The molecule has 0 aromatic heterocycles. The highest BCUT2D eigenvalue weighted by atomic mass is 35.5. The molecule has 0 aliphatic carbocycles. The summed E-state index contributed by atoms with van der Waals surface area (Å²) in [4.78, 5) is 22.7. The highest BCUT2D eigenvalue weighted by Gasteiger charge is 2.16. The lowest BCUT2D eigenvalue weighted by atomic mass is 10.1. The molecule has 7 heteroatoms. The van der Waals surface area contributed by atoms with E-state index in [4.69, 9.17) is 16.3 Å². The number of anilines is 1. The Balaban J connectivity index is 2.31. The number of nitrogens with zero attached hydrogens (tertiary/aromatic N) is 1. The zero-order chi connectivity index (χ0) is 17.1. The van der Waals surface area contributed by atoms with E-state index in [0.717, 1.165) is 5.56 Å². The molecule has 2 rings (SSSR count). The van der Waals surface area contributed by atoms with Gasteiger partial charge in [-0.2, -0.15) is 0 Å². The number of methoxy groups -OCH3 is 1. The normalized spacial score (nSPS) is 10.3. The lowest BCUT2D eigenvalue weighted by Crippen LogP contribution is -2.13. The largest absolute Gasteiger partial charge is 0.495 e. The number of carbonyl (C=O) groups is 1. The monoisotopic (exact) mass is 334 g/mol. The van der Waals surface area contributed by atoms with Crippen LogP contribution in [0, 0.1) is 24.0 Å². The molecule has 0 unspecified atom stereocenters. The minimum atomic E-state index is -0.484. The van der Waals surface area contributed by atoms with Crippen molar-refractivity contribution in [1.82, 2.24) is 0 Å². The quantitative estimate of drug-likeness (QED) is 0.673. The van der Waals surface area contributed by atoms with Crippen LogP contribution in [0.15, 0.2) is 30.3 Å². The number of hydrogen-bond donors (Lipinski definition) is 1. The number of nitro groups is 1. The molecule has 0 saturated carbocycles. The molecule has 6 nitrogen and oxygen atoms in total. The third kappa shape index (κ3) is 3.60. The number of hydrogen-bond acceptors (Lipinski definition) is 4. The van der Waals surface area contributed by atoms with Crippen LogP contribution in [0.3, 0.4) is 0 Å². The topological polar surface area (TPSA) is 81.5 Å². The van der Waals surface area contributed by atoms with E-state index in [2.05, 4.69) is 5.32 Å². The van der Waals surface area contributed by atoms with Crippen molar-refractivity contribution in [2.24, 2.45) is 0 Å². The number of nitrogens with one attached hydrogen (secondary N) is 1. The van der Waals surface area contributed by atoms with E-state index in [1.54, 1.807) is 19.1 Å². The summed E-state index contributed by atoms with van der Waals surface area (Å²) >= 11 is 6.03. The Bertz CT molecular complexity index is 790. The van der Waals surface area contributed by atoms with Gasteiger partial charge in [0.05, 0.1) is 17.7 Å². The second kappa shape index (κ2) is 6.66. The maximum Gasteiger partial charge on any atom is 0.272 e. The van der Waals surface area contributed by atoms with Gasteiger partial charge in [0.25, 0.3) is 11.6 Å². The van der Waals surface area contributed by atoms with Gasteiger partial charge in [0, 0.05) is 28.3 Å². The summed E-state index contributed by atoms with van der Waals surface area (Å²) in [7, 11) is 1.48. The molecule has 1 amide bonds. The minimum absolute atomic E-state index is 0.0264. The molecule has 2 aromatic carbocycles. The number of halogens is 1. The Morgan fingerprint density at radius 3 is 2.48 bits per heavy atom. The molecule has 1 N–H and O–H groups in total. The van der Waals surface area contributed by atoms with Gasteiger partial charge in [-0.15, -0.1) is 0 Å². The van der Waals surface area contributed by atoms with E-state index in [9.17, 15) is 14.9 Å². The molecule has 23 heavy (non-hydrogen) atoms. The molecule has 0 saturated heterocycles. The molecular formula is C16H15ClN2O4. The summed E-state index contributed by atoms with van der Waals surface area (Å²) < 4.78 is 5.20. The number of nitro benzene ring substituents is 1. The van der Waals surface area contributed by atoms with Gasteiger partial charge in [0.1, 0.15) is 5.75 Å². The number of aryl methyl sites for hydroxylation is 2. The molecule has 0 aliphatic rings. The van der Waals surface area contributed by atoms with Gasteiger partial charge in [-0.1, -0.05) is 11.6 Å². The van der Waals surface area contributed by atoms with Crippen LogP contribution in [0.1, 0.15) is 21.5 Å². The second-order valence-corrected chi connectivity index (χ2v) is 5.42. The first-order chi connectivity index (χ1) is 10.8. The van der Waals surface area contributed by atoms with E-state index in [-0.39, 0.29) is 11.6 Å². The molecule has 0 radical (unpaired) electrons. The predicted octanol–water partition coefficient (Wildman–Crippen LogP) is 4.13. The zero-order valence-corrected chi connectivity index (χ0v) is 13.6. The molecule has 0 spiro atoms. The van der Waals surface area contributed by atoms with E-state index < -0.39 is 4.92 Å². The lowest BCUT2D eigenvalue weighted by molar-refractivity contribution is -0.385. The van der Waals surface area contributed by atoms with Crippen LogP contribution in [0.25, 0.3) is 0 Å². The first-order valence-electron chi connectivity index (χ1n) is 6.74. The van der Waals surface area contributed by atoms with Crippen molar-refractivity contribution in [3.8, 4) is 5.75 Å².